The summed E-state index contributed by atoms with van der Waals surface area (Å²) in [4.78, 5) is 0. The highest BCUT2D eigenvalue weighted by Gasteiger charge is 2.04. The molecule has 1 heterocycles. The molecule has 1 aromatic rings. The highest BCUT2D eigenvalue weighted by molar-refractivity contribution is 7.99. The van der Waals surface area contributed by atoms with Crippen LogP contribution in [0.1, 0.15) is 32.1 Å². The lowest BCUT2D eigenvalue weighted by atomic mass is 10.2. The van der Waals surface area contributed by atoms with Gasteiger partial charge in [-0.3, -0.25) is 0 Å². The van der Waals surface area contributed by atoms with Gasteiger partial charge in [-0.05, 0) is 25.1 Å². The highest BCUT2D eigenvalue weighted by Crippen LogP contribution is 2.16. The lowest BCUT2D eigenvalue weighted by Crippen LogP contribution is -1.98. The van der Waals surface area contributed by atoms with Crippen molar-refractivity contribution in [3.63, 3.8) is 0 Å². The minimum absolute atomic E-state index is 0.682. The first-order valence-electron chi connectivity index (χ1n) is 5.02. The minimum atomic E-state index is 0.682. The van der Waals surface area contributed by atoms with Crippen LogP contribution in [0.25, 0.3) is 0 Å². The second-order valence-electron chi connectivity index (χ2n) is 2.99. The SMILES string of the molecule is CCSc1nnc(CCCCCN)o1. The number of hydrogen-bond donors (Lipinski definition) is 1. The zero-order valence-corrected chi connectivity index (χ0v) is 9.35. The molecule has 0 unspecified atom stereocenters. The highest BCUT2D eigenvalue weighted by atomic mass is 32.2. The third kappa shape index (κ3) is 4.11. The summed E-state index contributed by atoms with van der Waals surface area (Å²) in [5, 5.41) is 8.57. The van der Waals surface area contributed by atoms with Crippen LogP contribution in [0.3, 0.4) is 0 Å². The summed E-state index contributed by atoms with van der Waals surface area (Å²) in [5.74, 6) is 1.72. The maximum absolute atomic E-state index is 5.41. The Morgan fingerprint density at radius 1 is 1.29 bits per heavy atom. The summed E-state index contributed by atoms with van der Waals surface area (Å²) in [5.41, 5.74) is 5.40. The maximum Gasteiger partial charge on any atom is 0.276 e. The number of nitrogens with zero attached hydrogens (tertiary/aromatic N) is 2. The number of rotatable bonds is 7. The molecule has 0 spiro atoms. The molecule has 0 aliphatic carbocycles. The Balaban J connectivity index is 2.22. The van der Waals surface area contributed by atoms with Gasteiger partial charge in [0.05, 0.1) is 0 Å². The first-order chi connectivity index (χ1) is 6.86. The van der Waals surface area contributed by atoms with Gasteiger partial charge in [-0.1, -0.05) is 25.1 Å². The van der Waals surface area contributed by atoms with Crippen LogP contribution in [-0.2, 0) is 6.42 Å². The van der Waals surface area contributed by atoms with E-state index in [-0.39, 0.29) is 0 Å². The fraction of sp³-hybridized carbons (Fsp3) is 0.778. The van der Waals surface area contributed by atoms with Crippen molar-refractivity contribution in [1.82, 2.24) is 10.2 Å². The van der Waals surface area contributed by atoms with Crippen molar-refractivity contribution in [2.24, 2.45) is 5.73 Å². The second-order valence-corrected chi connectivity index (χ2v) is 4.21. The quantitative estimate of drug-likeness (QED) is 0.555. The van der Waals surface area contributed by atoms with Crippen LogP contribution < -0.4 is 5.73 Å². The van der Waals surface area contributed by atoms with Gasteiger partial charge < -0.3 is 10.2 Å². The third-order valence-corrected chi connectivity index (χ3v) is 2.51. The molecule has 0 aromatic carbocycles. The molecular weight excluding hydrogens is 198 g/mol. The van der Waals surface area contributed by atoms with E-state index in [0.29, 0.717) is 5.22 Å². The average Bonchev–Trinajstić information content (AvgIpc) is 2.61. The standard InChI is InChI=1S/C9H17N3OS/c1-2-14-9-12-11-8(13-9)6-4-3-5-7-10/h2-7,10H2,1H3. The first-order valence-corrected chi connectivity index (χ1v) is 6.00. The lowest BCUT2D eigenvalue weighted by molar-refractivity contribution is 0.407. The fourth-order valence-electron chi connectivity index (χ4n) is 1.12. The van der Waals surface area contributed by atoms with Crippen LogP contribution in [0.2, 0.25) is 0 Å². The van der Waals surface area contributed by atoms with E-state index >= 15 is 0 Å². The summed E-state index contributed by atoms with van der Waals surface area (Å²) in [6.07, 6.45) is 4.16. The number of unbranched alkanes of at least 4 members (excludes halogenated alkanes) is 2. The Labute approximate surface area is 88.7 Å². The van der Waals surface area contributed by atoms with Gasteiger partial charge in [0.1, 0.15) is 0 Å². The minimum Gasteiger partial charge on any atom is -0.416 e. The van der Waals surface area contributed by atoms with Gasteiger partial charge in [0, 0.05) is 6.42 Å². The van der Waals surface area contributed by atoms with E-state index < -0.39 is 0 Å². The maximum atomic E-state index is 5.41. The Morgan fingerprint density at radius 3 is 2.86 bits per heavy atom. The van der Waals surface area contributed by atoms with Crippen molar-refractivity contribution >= 4 is 11.8 Å². The molecule has 1 rings (SSSR count). The predicted molar refractivity (Wildman–Crippen MR) is 57.3 cm³/mol. The molecule has 0 aliphatic heterocycles. The van der Waals surface area contributed by atoms with Crippen LogP contribution in [0.5, 0.6) is 0 Å². The van der Waals surface area contributed by atoms with Gasteiger partial charge in [0.25, 0.3) is 5.22 Å². The van der Waals surface area contributed by atoms with E-state index in [1.807, 2.05) is 0 Å². The van der Waals surface area contributed by atoms with Gasteiger partial charge in [0.2, 0.25) is 5.89 Å². The number of aromatic nitrogens is 2. The Kier molecular flexibility index (Phi) is 5.63. The summed E-state index contributed by atoms with van der Waals surface area (Å²) in [6.45, 7) is 2.83. The molecule has 0 bridgehead atoms. The van der Waals surface area contributed by atoms with Gasteiger partial charge in [-0.25, -0.2) is 0 Å². The van der Waals surface area contributed by atoms with E-state index in [1.54, 1.807) is 11.8 Å². The first kappa shape index (κ1) is 11.5. The fourth-order valence-corrected chi connectivity index (χ4v) is 1.62. The number of nitrogens with two attached hydrogens (primary N) is 1. The second kappa shape index (κ2) is 6.84. The van der Waals surface area contributed by atoms with Gasteiger partial charge in [-0.2, -0.15) is 0 Å². The largest absolute Gasteiger partial charge is 0.416 e. The van der Waals surface area contributed by atoms with E-state index in [4.69, 9.17) is 10.2 Å². The number of thioether (sulfide) groups is 1. The molecule has 4 nitrogen and oxygen atoms in total. The van der Waals surface area contributed by atoms with Crippen molar-refractivity contribution in [1.29, 1.82) is 0 Å². The molecule has 0 amide bonds. The summed E-state index contributed by atoms with van der Waals surface area (Å²) < 4.78 is 5.41. The smallest absolute Gasteiger partial charge is 0.276 e. The predicted octanol–water partition coefficient (Wildman–Crippen LogP) is 1.85. The summed E-state index contributed by atoms with van der Waals surface area (Å²) >= 11 is 1.58. The third-order valence-electron chi connectivity index (χ3n) is 1.81. The normalized spacial score (nSPS) is 10.7. The van der Waals surface area contributed by atoms with Crippen molar-refractivity contribution in [2.75, 3.05) is 12.3 Å². The molecule has 0 radical (unpaired) electrons. The molecule has 5 heteroatoms. The lowest BCUT2D eigenvalue weighted by Gasteiger charge is -1.94. The Hall–Kier alpha value is -0.550. The summed E-state index contributed by atoms with van der Waals surface area (Å²) in [7, 11) is 0. The molecule has 0 atom stereocenters. The van der Waals surface area contributed by atoms with Crippen LogP contribution in [0.4, 0.5) is 0 Å². The molecule has 1 aromatic heterocycles. The average molecular weight is 215 g/mol. The molecule has 2 N–H and O–H groups in total. The monoisotopic (exact) mass is 215 g/mol. The molecule has 0 fully saturated rings. The van der Waals surface area contributed by atoms with E-state index in [9.17, 15) is 0 Å². The van der Waals surface area contributed by atoms with Crippen molar-refractivity contribution < 1.29 is 4.42 Å². The Morgan fingerprint density at radius 2 is 2.14 bits per heavy atom. The summed E-state index contributed by atoms with van der Waals surface area (Å²) in [6, 6.07) is 0. The van der Waals surface area contributed by atoms with Crippen LogP contribution in [-0.4, -0.2) is 22.5 Å². The number of aryl methyl sites for hydroxylation is 1. The molecule has 0 saturated carbocycles. The van der Waals surface area contributed by atoms with Crippen molar-refractivity contribution in [3.05, 3.63) is 5.89 Å². The topological polar surface area (TPSA) is 64.9 Å². The van der Waals surface area contributed by atoms with Crippen LogP contribution >= 0.6 is 11.8 Å². The van der Waals surface area contributed by atoms with Gasteiger partial charge >= 0.3 is 0 Å². The number of hydrogen-bond acceptors (Lipinski definition) is 5. The van der Waals surface area contributed by atoms with Crippen molar-refractivity contribution in [2.45, 2.75) is 37.8 Å². The van der Waals surface area contributed by atoms with Gasteiger partial charge in [-0.15, -0.1) is 10.2 Å². The van der Waals surface area contributed by atoms with E-state index in [1.165, 1.54) is 0 Å². The van der Waals surface area contributed by atoms with Crippen LogP contribution in [0, 0.1) is 0 Å². The van der Waals surface area contributed by atoms with Gasteiger partial charge in [0.15, 0.2) is 0 Å². The zero-order chi connectivity index (χ0) is 10.2. The molecule has 0 aliphatic rings. The zero-order valence-electron chi connectivity index (χ0n) is 8.53. The van der Waals surface area contributed by atoms with E-state index in [0.717, 1.165) is 43.9 Å². The molecule has 0 saturated heterocycles. The molecular formula is C9H17N3OS. The van der Waals surface area contributed by atoms with E-state index in [2.05, 4.69) is 17.1 Å². The van der Waals surface area contributed by atoms with Crippen molar-refractivity contribution in [3.8, 4) is 0 Å². The van der Waals surface area contributed by atoms with Crippen LogP contribution in [0.15, 0.2) is 9.64 Å². The Bertz CT molecular complexity index is 252. The molecule has 14 heavy (non-hydrogen) atoms. The molecule has 80 valence electrons.